The quantitative estimate of drug-likeness (QED) is 0.754. The van der Waals surface area contributed by atoms with Crippen molar-refractivity contribution in [2.24, 2.45) is 0 Å². The van der Waals surface area contributed by atoms with Gasteiger partial charge in [0, 0.05) is 4.88 Å². The molecule has 1 heterocycles. The molecule has 0 amide bonds. The molecule has 1 rings (SSSR count). The molecule has 60 valence electrons. The topological polar surface area (TPSA) is 50.2 Å². The zero-order valence-corrected chi connectivity index (χ0v) is 7.02. The van der Waals surface area contributed by atoms with Gasteiger partial charge in [0.2, 0.25) is 0 Å². The van der Waals surface area contributed by atoms with E-state index in [1.54, 1.807) is 5.51 Å². The van der Waals surface area contributed by atoms with Crippen molar-refractivity contribution >= 4 is 17.3 Å². The van der Waals surface area contributed by atoms with Crippen LogP contribution in [-0.2, 0) is 6.42 Å². The van der Waals surface area contributed by atoms with Gasteiger partial charge < -0.3 is 5.11 Å². The number of aryl methyl sites for hydroxylation is 1. The van der Waals surface area contributed by atoms with E-state index >= 15 is 0 Å². The van der Waals surface area contributed by atoms with Crippen molar-refractivity contribution in [3.8, 4) is 0 Å². The van der Waals surface area contributed by atoms with Crippen molar-refractivity contribution < 1.29 is 9.90 Å². The Balaban J connectivity index is 2.87. The van der Waals surface area contributed by atoms with Crippen LogP contribution in [0.4, 0.5) is 0 Å². The van der Waals surface area contributed by atoms with Crippen LogP contribution in [0.1, 0.15) is 28.7 Å². The summed E-state index contributed by atoms with van der Waals surface area (Å²) in [6, 6.07) is 0. The van der Waals surface area contributed by atoms with Crippen LogP contribution in [0.25, 0.3) is 0 Å². The van der Waals surface area contributed by atoms with Crippen LogP contribution < -0.4 is 0 Å². The predicted molar refractivity (Wildman–Crippen MR) is 43.1 cm³/mol. The Kier molecular flexibility index (Phi) is 2.59. The lowest BCUT2D eigenvalue weighted by molar-refractivity contribution is 0.0690. The Morgan fingerprint density at radius 3 is 3.09 bits per heavy atom. The molecule has 0 saturated carbocycles. The Morgan fingerprint density at radius 2 is 2.55 bits per heavy atom. The number of nitrogens with zero attached hydrogens (tertiary/aromatic N) is 1. The van der Waals surface area contributed by atoms with Crippen molar-refractivity contribution in [1.29, 1.82) is 0 Å². The van der Waals surface area contributed by atoms with E-state index in [1.807, 2.05) is 6.92 Å². The third kappa shape index (κ3) is 1.77. The first-order chi connectivity index (χ1) is 5.25. The normalized spacial score (nSPS) is 9.91. The molecular weight excluding hydrogens is 162 g/mol. The Labute approximate surface area is 68.7 Å². The smallest absolute Gasteiger partial charge is 0.355 e. The number of thiazole rings is 1. The highest BCUT2D eigenvalue weighted by molar-refractivity contribution is 7.09. The molecule has 0 spiro atoms. The molecule has 0 aliphatic rings. The fourth-order valence-electron chi connectivity index (χ4n) is 0.849. The molecule has 0 saturated heterocycles. The number of carboxylic acid groups (broad SMARTS) is 1. The number of aromatic nitrogens is 1. The summed E-state index contributed by atoms with van der Waals surface area (Å²) in [5.74, 6) is -0.922. The third-order valence-corrected chi connectivity index (χ3v) is 2.21. The molecule has 0 aromatic carbocycles. The molecule has 0 aliphatic carbocycles. The van der Waals surface area contributed by atoms with Gasteiger partial charge in [0.05, 0.1) is 5.51 Å². The number of carbonyl (C=O) groups is 1. The number of hydrogen-bond acceptors (Lipinski definition) is 3. The second-order valence-corrected chi connectivity index (χ2v) is 3.12. The molecular formula is C7H9NO2S. The van der Waals surface area contributed by atoms with Gasteiger partial charge in [0.15, 0.2) is 5.69 Å². The minimum absolute atomic E-state index is 0.219. The average Bonchev–Trinajstić information content (AvgIpc) is 2.36. The molecule has 0 bridgehead atoms. The van der Waals surface area contributed by atoms with Crippen LogP contribution in [-0.4, -0.2) is 16.1 Å². The average molecular weight is 171 g/mol. The van der Waals surface area contributed by atoms with Crippen molar-refractivity contribution in [3.05, 3.63) is 16.1 Å². The maximum absolute atomic E-state index is 10.5. The summed E-state index contributed by atoms with van der Waals surface area (Å²) in [6.07, 6.45) is 1.77. The number of rotatable bonds is 3. The summed E-state index contributed by atoms with van der Waals surface area (Å²) in [5, 5.41) is 8.63. The largest absolute Gasteiger partial charge is 0.476 e. The summed E-state index contributed by atoms with van der Waals surface area (Å²) in [4.78, 5) is 15.1. The highest BCUT2D eigenvalue weighted by atomic mass is 32.1. The Hall–Kier alpha value is -0.900. The molecule has 0 fully saturated rings. The monoisotopic (exact) mass is 171 g/mol. The predicted octanol–water partition coefficient (Wildman–Crippen LogP) is 1.79. The van der Waals surface area contributed by atoms with Crippen LogP contribution in [0.15, 0.2) is 5.51 Å². The molecule has 0 unspecified atom stereocenters. The summed E-state index contributed by atoms with van der Waals surface area (Å²) in [7, 11) is 0. The van der Waals surface area contributed by atoms with Gasteiger partial charge in [0.25, 0.3) is 0 Å². The molecule has 0 radical (unpaired) electrons. The van der Waals surface area contributed by atoms with E-state index in [2.05, 4.69) is 4.98 Å². The van der Waals surface area contributed by atoms with Gasteiger partial charge in [-0.05, 0) is 6.42 Å². The van der Waals surface area contributed by atoms with Crippen LogP contribution in [0.3, 0.4) is 0 Å². The summed E-state index contributed by atoms with van der Waals surface area (Å²) >= 11 is 1.41. The van der Waals surface area contributed by atoms with Gasteiger partial charge in [-0.2, -0.15) is 0 Å². The van der Waals surface area contributed by atoms with Crippen LogP contribution in [0.2, 0.25) is 0 Å². The van der Waals surface area contributed by atoms with E-state index in [0.717, 1.165) is 17.7 Å². The van der Waals surface area contributed by atoms with E-state index in [-0.39, 0.29) is 5.69 Å². The Morgan fingerprint density at radius 1 is 1.82 bits per heavy atom. The highest BCUT2D eigenvalue weighted by Crippen LogP contribution is 2.14. The SMILES string of the molecule is CCCc1scnc1C(=O)O. The summed E-state index contributed by atoms with van der Waals surface area (Å²) in [5.41, 5.74) is 1.80. The minimum atomic E-state index is -0.922. The van der Waals surface area contributed by atoms with Crippen molar-refractivity contribution in [2.75, 3.05) is 0 Å². The van der Waals surface area contributed by atoms with E-state index in [1.165, 1.54) is 11.3 Å². The maximum Gasteiger partial charge on any atom is 0.355 e. The maximum atomic E-state index is 10.5. The van der Waals surface area contributed by atoms with Crippen LogP contribution in [0, 0.1) is 0 Å². The van der Waals surface area contributed by atoms with Crippen molar-refractivity contribution in [2.45, 2.75) is 19.8 Å². The lowest BCUT2D eigenvalue weighted by Gasteiger charge is -1.92. The fourth-order valence-corrected chi connectivity index (χ4v) is 1.71. The zero-order valence-electron chi connectivity index (χ0n) is 6.20. The standard InChI is InChI=1S/C7H9NO2S/c1-2-3-5-6(7(9)10)8-4-11-5/h4H,2-3H2,1H3,(H,9,10). The van der Waals surface area contributed by atoms with E-state index in [0.29, 0.717) is 0 Å². The van der Waals surface area contributed by atoms with Gasteiger partial charge in [-0.3, -0.25) is 0 Å². The molecule has 1 N–H and O–H groups in total. The second kappa shape index (κ2) is 3.48. The summed E-state index contributed by atoms with van der Waals surface area (Å²) < 4.78 is 0. The summed E-state index contributed by atoms with van der Waals surface area (Å²) in [6.45, 7) is 2.02. The lowest BCUT2D eigenvalue weighted by atomic mass is 10.2. The molecule has 11 heavy (non-hydrogen) atoms. The Bertz CT molecular complexity index is 257. The van der Waals surface area contributed by atoms with Gasteiger partial charge in [-0.15, -0.1) is 11.3 Å². The van der Waals surface area contributed by atoms with Crippen molar-refractivity contribution in [3.63, 3.8) is 0 Å². The number of carboxylic acids is 1. The number of aromatic carboxylic acids is 1. The first kappa shape index (κ1) is 8.20. The van der Waals surface area contributed by atoms with Crippen LogP contribution >= 0.6 is 11.3 Å². The molecule has 0 atom stereocenters. The first-order valence-electron chi connectivity index (χ1n) is 3.41. The second-order valence-electron chi connectivity index (χ2n) is 2.18. The molecule has 1 aromatic rings. The van der Waals surface area contributed by atoms with Gasteiger partial charge in [-0.25, -0.2) is 9.78 Å². The first-order valence-corrected chi connectivity index (χ1v) is 4.29. The molecule has 4 heteroatoms. The van der Waals surface area contributed by atoms with Gasteiger partial charge in [0.1, 0.15) is 0 Å². The third-order valence-electron chi connectivity index (χ3n) is 1.32. The zero-order chi connectivity index (χ0) is 8.27. The van der Waals surface area contributed by atoms with Gasteiger partial charge >= 0.3 is 5.97 Å². The molecule has 1 aromatic heterocycles. The van der Waals surface area contributed by atoms with Gasteiger partial charge in [-0.1, -0.05) is 13.3 Å². The highest BCUT2D eigenvalue weighted by Gasteiger charge is 2.11. The van der Waals surface area contributed by atoms with E-state index in [4.69, 9.17) is 5.11 Å². The van der Waals surface area contributed by atoms with Crippen LogP contribution in [0.5, 0.6) is 0 Å². The number of hydrogen-bond donors (Lipinski definition) is 1. The molecule has 3 nitrogen and oxygen atoms in total. The lowest BCUT2D eigenvalue weighted by Crippen LogP contribution is -2.00. The van der Waals surface area contributed by atoms with E-state index in [9.17, 15) is 4.79 Å². The van der Waals surface area contributed by atoms with E-state index < -0.39 is 5.97 Å². The fraction of sp³-hybridized carbons (Fsp3) is 0.429. The minimum Gasteiger partial charge on any atom is -0.476 e. The van der Waals surface area contributed by atoms with Crippen molar-refractivity contribution in [1.82, 2.24) is 4.98 Å². The molecule has 0 aliphatic heterocycles.